The summed E-state index contributed by atoms with van der Waals surface area (Å²) in [7, 11) is 0. The third-order valence-corrected chi connectivity index (χ3v) is 5.96. The van der Waals surface area contributed by atoms with Gasteiger partial charge in [-0.05, 0) is 62.3 Å². The number of aliphatic hydroxyl groups is 1. The van der Waals surface area contributed by atoms with Gasteiger partial charge in [0.1, 0.15) is 0 Å². The minimum absolute atomic E-state index is 0.125. The van der Waals surface area contributed by atoms with Crippen molar-refractivity contribution in [2.24, 2.45) is 5.92 Å². The predicted molar refractivity (Wildman–Crippen MR) is 120 cm³/mol. The van der Waals surface area contributed by atoms with Crippen molar-refractivity contribution < 1.29 is 9.90 Å². The summed E-state index contributed by atoms with van der Waals surface area (Å²) in [5, 5.41) is 11.8. The van der Waals surface area contributed by atoms with Gasteiger partial charge in [0.25, 0.3) is 0 Å². The summed E-state index contributed by atoms with van der Waals surface area (Å²) in [6, 6.07) is 8.05. The Morgan fingerprint density at radius 2 is 1.97 bits per heavy atom. The molecule has 154 valence electrons. The molecule has 0 spiro atoms. The lowest BCUT2D eigenvalue weighted by Gasteiger charge is -2.25. The third-order valence-electron chi connectivity index (χ3n) is 5.96. The molecule has 3 heteroatoms. The maximum atomic E-state index is 12.9. The summed E-state index contributed by atoms with van der Waals surface area (Å²) >= 11 is 0. The molecular formula is C26H33NO2. The van der Waals surface area contributed by atoms with Crippen LogP contribution < -0.4 is 0 Å². The number of carbonyl (C=O) groups is 1. The Labute approximate surface area is 174 Å². The number of rotatable bonds is 6. The zero-order valence-electron chi connectivity index (χ0n) is 17.7. The fraction of sp³-hybridized carbons (Fsp3) is 0.462. The number of hydrogen-bond donors (Lipinski definition) is 1. The molecule has 2 aliphatic carbocycles. The molecule has 29 heavy (non-hydrogen) atoms. The average Bonchev–Trinajstić information content (AvgIpc) is 3.28. The number of pyridine rings is 1. The first-order valence-corrected chi connectivity index (χ1v) is 11.1. The van der Waals surface area contributed by atoms with Crippen LogP contribution in [0.5, 0.6) is 0 Å². The van der Waals surface area contributed by atoms with Gasteiger partial charge in [-0.15, -0.1) is 0 Å². The van der Waals surface area contributed by atoms with Crippen LogP contribution in [0.2, 0.25) is 0 Å². The van der Waals surface area contributed by atoms with Crippen molar-refractivity contribution in [3.63, 3.8) is 0 Å². The first-order chi connectivity index (χ1) is 14.2. The third kappa shape index (κ3) is 5.63. The first-order valence-electron chi connectivity index (χ1n) is 11.1. The van der Waals surface area contributed by atoms with Crippen LogP contribution in [0.1, 0.15) is 74.8 Å². The van der Waals surface area contributed by atoms with Gasteiger partial charge in [0.05, 0.1) is 6.10 Å². The zero-order chi connectivity index (χ0) is 20.6. The zero-order valence-corrected chi connectivity index (χ0v) is 17.7. The lowest BCUT2D eigenvalue weighted by Crippen LogP contribution is -2.19. The molecule has 1 aromatic carbocycles. The molecule has 0 unspecified atom stereocenters. The van der Waals surface area contributed by atoms with E-state index in [1.165, 1.54) is 5.57 Å². The van der Waals surface area contributed by atoms with Crippen molar-refractivity contribution in [1.82, 2.24) is 4.98 Å². The number of Topliss-reactive ketones (excluding diaryl/α,β-unsaturated/α-hetero) is 1. The van der Waals surface area contributed by atoms with Gasteiger partial charge >= 0.3 is 0 Å². The van der Waals surface area contributed by atoms with Gasteiger partial charge in [-0.1, -0.05) is 55.8 Å². The molecule has 1 saturated carbocycles. The summed E-state index contributed by atoms with van der Waals surface area (Å²) in [5.41, 5.74) is 3.22. The molecule has 1 N–H and O–H groups in total. The van der Waals surface area contributed by atoms with Gasteiger partial charge in [-0.3, -0.25) is 9.78 Å². The van der Waals surface area contributed by atoms with E-state index in [9.17, 15) is 9.90 Å². The quantitative estimate of drug-likeness (QED) is 0.596. The largest absolute Gasteiger partial charge is 0.393 e. The van der Waals surface area contributed by atoms with E-state index >= 15 is 0 Å². The molecule has 1 fully saturated rings. The van der Waals surface area contributed by atoms with Crippen LogP contribution in [0.4, 0.5) is 0 Å². The number of fused-ring (bicyclic) bond motifs is 1. The van der Waals surface area contributed by atoms with E-state index in [1.807, 2.05) is 38.2 Å². The Balaban J connectivity index is 0.00000117. The van der Waals surface area contributed by atoms with Crippen LogP contribution in [0, 0.1) is 5.92 Å². The van der Waals surface area contributed by atoms with Crippen LogP contribution in [0.25, 0.3) is 10.8 Å². The summed E-state index contributed by atoms with van der Waals surface area (Å²) in [6.07, 6.45) is 15.3. The maximum Gasteiger partial charge on any atom is 0.163 e. The molecule has 0 radical (unpaired) electrons. The molecule has 1 heterocycles. The standard InChI is InChI=1S/C24H27NO2.C2H6/c26-21-11-8-18(9-12-21)14-20-15-23-19(16-25-20)6-3-7-22(23)24(27)13-10-17-4-1-2-5-17;1-2/h1-4,6-7,15-16,18,21,26H,5,8-14H2;1-2H3. The van der Waals surface area contributed by atoms with E-state index in [4.69, 9.17) is 0 Å². The van der Waals surface area contributed by atoms with E-state index in [0.29, 0.717) is 12.3 Å². The fourth-order valence-corrected chi connectivity index (χ4v) is 4.30. The molecule has 0 aliphatic heterocycles. The number of aromatic nitrogens is 1. The smallest absolute Gasteiger partial charge is 0.163 e. The predicted octanol–water partition coefficient (Wildman–Crippen LogP) is 6.20. The number of aliphatic hydroxyl groups excluding tert-OH is 1. The highest BCUT2D eigenvalue weighted by Gasteiger charge is 2.20. The molecule has 0 amide bonds. The topological polar surface area (TPSA) is 50.2 Å². The van der Waals surface area contributed by atoms with Crippen molar-refractivity contribution in [3.8, 4) is 0 Å². The van der Waals surface area contributed by atoms with E-state index in [1.54, 1.807) is 0 Å². The second-order valence-electron chi connectivity index (χ2n) is 7.96. The normalized spacial score (nSPS) is 20.9. The van der Waals surface area contributed by atoms with Crippen molar-refractivity contribution in [2.75, 3.05) is 0 Å². The van der Waals surface area contributed by atoms with E-state index in [2.05, 4.69) is 29.3 Å². The first kappa shape index (κ1) is 21.4. The molecular weight excluding hydrogens is 358 g/mol. The minimum Gasteiger partial charge on any atom is -0.393 e. The van der Waals surface area contributed by atoms with Crippen LogP contribution in [0.3, 0.4) is 0 Å². The Morgan fingerprint density at radius 1 is 1.17 bits per heavy atom. The van der Waals surface area contributed by atoms with E-state index < -0.39 is 0 Å². The maximum absolute atomic E-state index is 12.9. The van der Waals surface area contributed by atoms with E-state index in [0.717, 1.165) is 67.0 Å². The number of nitrogens with zero attached hydrogens (tertiary/aromatic N) is 1. The molecule has 0 bridgehead atoms. The number of allylic oxidation sites excluding steroid dienone is 4. The van der Waals surface area contributed by atoms with Crippen LogP contribution in [-0.2, 0) is 6.42 Å². The second kappa shape index (κ2) is 10.5. The lowest BCUT2D eigenvalue weighted by atomic mass is 9.84. The van der Waals surface area contributed by atoms with Gasteiger partial charge in [0.15, 0.2) is 5.78 Å². The molecule has 2 aliphatic rings. The van der Waals surface area contributed by atoms with Crippen molar-refractivity contribution >= 4 is 16.6 Å². The Morgan fingerprint density at radius 3 is 2.69 bits per heavy atom. The summed E-state index contributed by atoms with van der Waals surface area (Å²) in [6.45, 7) is 4.00. The summed E-state index contributed by atoms with van der Waals surface area (Å²) in [4.78, 5) is 17.5. The Bertz CT molecular complexity index is 889. The number of carbonyl (C=O) groups excluding carboxylic acids is 1. The monoisotopic (exact) mass is 391 g/mol. The Hall–Kier alpha value is -2.26. The van der Waals surface area contributed by atoms with Gasteiger partial charge in [0, 0.05) is 29.3 Å². The van der Waals surface area contributed by atoms with Gasteiger partial charge in [0.2, 0.25) is 0 Å². The highest BCUT2D eigenvalue weighted by atomic mass is 16.3. The average molecular weight is 392 g/mol. The van der Waals surface area contributed by atoms with Gasteiger partial charge in [-0.25, -0.2) is 0 Å². The highest BCUT2D eigenvalue weighted by Crippen LogP contribution is 2.29. The summed E-state index contributed by atoms with van der Waals surface area (Å²) in [5.74, 6) is 0.800. The number of ketones is 1. The van der Waals surface area contributed by atoms with Crippen molar-refractivity contribution in [2.45, 2.75) is 71.3 Å². The SMILES string of the molecule is CC.O=C(CCC1=CC=CC1)c1cccc2cnc(CC3CCC(O)CC3)cc12. The molecule has 1 aromatic heterocycles. The summed E-state index contributed by atoms with van der Waals surface area (Å²) < 4.78 is 0. The number of benzene rings is 1. The highest BCUT2D eigenvalue weighted by molar-refractivity contribution is 6.08. The van der Waals surface area contributed by atoms with Crippen LogP contribution in [0.15, 0.2) is 54.3 Å². The van der Waals surface area contributed by atoms with E-state index in [-0.39, 0.29) is 11.9 Å². The fourth-order valence-electron chi connectivity index (χ4n) is 4.30. The van der Waals surface area contributed by atoms with Crippen molar-refractivity contribution in [3.05, 3.63) is 65.5 Å². The van der Waals surface area contributed by atoms with Crippen molar-refractivity contribution in [1.29, 1.82) is 0 Å². The molecule has 4 rings (SSSR count). The molecule has 0 atom stereocenters. The Kier molecular flexibility index (Phi) is 7.76. The lowest BCUT2D eigenvalue weighted by molar-refractivity contribution is 0.0984. The van der Waals surface area contributed by atoms with Crippen LogP contribution >= 0.6 is 0 Å². The second-order valence-corrected chi connectivity index (χ2v) is 7.96. The van der Waals surface area contributed by atoms with Gasteiger partial charge in [-0.2, -0.15) is 0 Å². The molecule has 3 nitrogen and oxygen atoms in total. The van der Waals surface area contributed by atoms with Gasteiger partial charge < -0.3 is 5.11 Å². The number of hydrogen-bond acceptors (Lipinski definition) is 3. The molecule has 0 saturated heterocycles. The van der Waals surface area contributed by atoms with Crippen LogP contribution in [-0.4, -0.2) is 22.0 Å². The molecule has 2 aromatic rings. The minimum atomic E-state index is -0.125.